The zero-order chi connectivity index (χ0) is 9.19. The van der Waals surface area contributed by atoms with Gasteiger partial charge in [0.1, 0.15) is 0 Å². The first kappa shape index (κ1) is 10.2. The number of nitrogens with zero attached hydrogens (tertiary/aromatic N) is 1. The summed E-state index contributed by atoms with van der Waals surface area (Å²) in [6.07, 6.45) is 3.10. The molecule has 1 saturated carbocycles. The van der Waals surface area contributed by atoms with E-state index in [9.17, 15) is 4.57 Å². The average molecular weight is 193 g/mol. The van der Waals surface area contributed by atoms with E-state index in [0.29, 0.717) is 12.5 Å². The van der Waals surface area contributed by atoms with E-state index < -0.39 is 7.60 Å². The van der Waals surface area contributed by atoms with Crippen molar-refractivity contribution in [2.75, 3.05) is 19.8 Å². The van der Waals surface area contributed by atoms with Gasteiger partial charge >= 0.3 is 7.60 Å². The van der Waals surface area contributed by atoms with Crippen molar-refractivity contribution in [2.24, 2.45) is 0 Å². The van der Waals surface area contributed by atoms with Gasteiger partial charge in [-0.1, -0.05) is 0 Å². The van der Waals surface area contributed by atoms with Gasteiger partial charge in [-0.25, -0.2) is 0 Å². The molecule has 12 heavy (non-hydrogen) atoms. The number of hydrogen-bond donors (Lipinski definition) is 2. The first-order valence-corrected chi connectivity index (χ1v) is 6.03. The Morgan fingerprint density at radius 1 is 1.50 bits per heavy atom. The molecule has 2 N–H and O–H groups in total. The lowest BCUT2D eigenvalue weighted by atomic mass is 10.4. The van der Waals surface area contributed by atoms with Crippen LogP contribution in [0.1, 0.15) is 19.3 Å². The summed E-state index contributed by atoms with van der Waals surface area (Å²) < 4.78 is 10.5. The fraction of sp³-hybridized carbons (Fsp3) is 1.00. The van der Waals surface area contributed by atoms with Gasteiger partial charge in [0.05, 0.1) is 6.16 Å². The molecule has 4 nitrogen and oxygen atoms in total. The van der Waals surface area contributed by atoms with Gasteiger partial charge in [0, 0.05) is 6.04 Å². The fourth-order valence-corrected chi connectivity index (χ4v) is 1.78. The maximum absolute atomic E-state index is 10.5. The van der Waals surface area contributed by atoms with Crippen molar-refractivity contribution >= 4 is 7.60 Å². The summed E-state index contributed by atoms with van der Waals surface area (Å²) >= 11 is 0. The Morgan fingerprint density at radius 3 is 2.50 bits per heavy atom. The summed E-state index contributed by atoms with van der Waals surface area (Å²) in [5.74, 6) is 0. The quantitative estimate of drug-likeness (QED) is 0.629. The van der Waals surface area contributed by atoms with E-state index in [2.05, 4.69) is 4.90 Å². The summed E-state index contributed by atoms with van der Waals surface area (Å²) in [6.45, 7) is 0.801. The lowest BCUT2D eigenvalue weighted by Crippen LogP contribution is -2.22. The first-order valence-electron chi connectivity index (χ1n) is 4.24. The standard InChI is InChI=1S/C7H16NO3P/c1-8(7-3-4-7)5-2-6-12(9,10)11/h7H,2-6H2,1H3,(H2,9,10,11). The van der Waals surface area contributed by atoms with Crippen molar-refractivity contribution in [3.8, 4) is 0 Å². The van der Waals surface area contributed by atoms with Crippen molar-refractivity contribution in [2.45, 2.75) is 25.3 Å². The van der Waals surface area contributed by atoms with Gasteiger partial charge in [-0.3, -0.25) is 4.57 Å². The highest BCUT2D eigenvalue weighted by molar-refractivity contribution is 7.51. The van der Waals surface area contributed by atoms with Crippen molar-refractivity contribution in [1.29, 1.82) is 0 Å². The van der Waals surface area contributed by atoms with Crippen LogP contribution in [0.2, 0.25) is 0 Å². The molecular formula is C7H16NO3P. The van der Waals surface area contributed by atoms with Crippen molar-refractivity contribution in [3.63, 3.8) is 0 Å². The SMILES string of the molecule is CN(CCCP(=O)(O)O)C1CC1. The van der Waals surface area contributed by atoms with E-state index in [1.54, 1.807) is 0 Å². The maximum atomic E-state index is 10.5. The molecule has 0 bridgehead atoms. The summed E-state index contributed by atoms with van der Waals surface area (Å²) in [4.78, 5) is 19.3. The van der Waals surface area contributed by atoms with Crippen molar-refractivity contribution < 1.29 is 14.4 Å². The van der Waals surface area contributed by atoms with Crippen LogP contribution in [0.4, 0.5) is 0 Å². The molecule has 5 heteroatoms. The average Bonchev–Trinajstić information content (AvgIpc) is 2.64. The maximum Gasteiger partial charge on any atom is 0.325 e. The predicted molar refractivity (Wildman–Crippen MR) is 47.2 cm³/mol. The molecule has 0 spiro atoms. The van der Waals surface area contributed by atoms with Gasteiger partial charge in [0.2, 0.25) is 0 Å². The third-order valence-corrected chi connectivity index (χ3v) is 3.03. The Hall–Kier alpha value is 0.110. The molecule has 0 atom stereocenters. The Balaban J connectivity index is 2.05. The van der Waals surface area contributed by atoms with Crippen LogP contribution >= 0.6 is 7.60 Å². The Bertz CT molecular complexity index is 187. The molecule has 0 aromatic heterocycles. The lowest BCUT2D eigenvalue weighted by molar-refractivity contribution is 0.317. The van der Waals surface area contributed by atoms with Gasteiger partial charge in [0.25, 0.3) is 0 Å². The molecule has 1 aliphatic carbocycles. The lowest BCUT2D eigenvalue weighted by Gasteiger charge is -2.15. The molecule has 72 valence electrons. The monoisotopic (exact) mass is 193 g/mol. The van der Waals surface area contributed by atoms with Crippen LogP contribution in [0, 0.1) is 0 Å². The van der Waals surface area contributed by atoms with Crippen LogP contribution in [0.15, 0.2) is 0 Å². The smallest absolute Gasteiger partial charge is 0.324 e. The molecule has 1 fully saturated rings. The predicted octanol–water partition coefficient (Wildman–Crippen LogP) is 0.648. The minimum absolute atomic E-state index is 0.0179. The third kappa shape index (κ3) is 4.21. The highest BCUT2D eigenvalue weighted by Gasteiger charge is 2.25. The highest BCUT2D eigenvalue weighted by atomic mass is 31.2. The summed E-state index contributed by atoms with van der Waals surface area (Å²) in [7, 11) is -1.75. The zero-order valence-electron chi connectivity index (χ0n) is 7.31. The van der Waals surface area contributed by atoms with E-state index >= 15 is 0 Å². The van der Waals surface area contributed by atoms with Crippen LogP contribution in [-0.2, 0) is 4.57 Å². The van der Waals surface area contributed by atoms with Crippen LogP contribution in [-0.4, -0.2) is 40.5 Å². The van der Waals surface area contributed by atoms with E-state index in [1.165, 1.54) is 12.8 Å². The van der Waals surface area contributed by atoms with E-state index in [4.69, 9.17) is 9.79 Å². The minimum atomic E-state index is -3.76. The Labute approximate surface area is 72.7 Å². The normalized spacial score (nSPS) is 18.7. The second-order valence-corrected chi connectivity index (χ2v) is 5.23. The molecule has 0 unspecified atom stereocenters. The van der Waals surface area contributed by atoms with Crippen molar-refractivity contribution in [3.05, 3.63) is 0 Å². The summed E-state index contributed by atoms with van der Waals surface area (Å²) in [5.41, 5.74) is 0. The van der Waals surface area contributed by atoms with Gasteiger partial charge < -0.3 is 14.7 Å². The van der Waals surface area contributed by atoms with Crippen molar-refractivity contribution in [1.82, 2.24) is 4.90 Å². The summed E-state index contributed by atoms with van der Waals surface area (Å²) in [5, 5.41) is 0. The number of rotatable bonds is 5. The topological polar surface area (TPSA) is 60.8 Å². The zero-order valence-corrected chi connectivity index (χ0v) is 8.20. The molecule has 0 heterocycles. The fourth-order valence-electron chi connectivity index (χ4n) is 1.22. The van der Waals surface area contributed by atoms with Gasteiger partial charge in [-0.05, 0) is 32.9 Å². The molecule has 0 aromatic rings. The second kappa shape index (κ2) is 3.88. The van der Waals surface area contributed by atoms with Crippen LogP contribution < -0.4 is 0 Å². The Morgan fingerprint density at radius 2 is 2.08 bits per heavy atom. The van der Waals surface area contributed by atoms with Gasteiger partial charge in [-0.2, -0.15) is 0 Å². The summed E-state index contributed by atoms with van der Waals surface area (Å²) in [6, 6.07) is 0.682. The van der Waals surface area contributed by atoms with Gasteiger partial charge in [0.15, 0.2) is 0 Å². The molecule has 1 aliphatic rings. The molecule has 0 amide bonds. The molecule has 0 saturated heterocycles. The molecule has 1 rings (SSSR count). The molecular weight excluding hydrogens is 177 g/mol. The van der Waals surface area contributed by atoms with Crippen LogP contribution in [0.3, 0.4) is 0 Å². The molecule has 0 radical (unpaired) electrons. The van der Waals surface area contributed by atoms with Crippen LogP contribution in [0.25, 0.3) is 0 Å². The third-order valence-electron chi connectivity index (χ3n) is 2.13. The number of hydrogen-bond acceptors (Lipinski definition) is 2. The second-order valence-electron chi connectivity index (χ2n) is 3.45. The largest absolute Gasteiger partial charge is 0.325 e. The molecule has 0 aromatic carbocycles. The highest BCUT2D eigenvalue weighted by Crippen LogP contribution is 2.35. The van der Waals surface area contributed by atoms with E-state index in [1.807, 2.05) is 7.05 Å². The molecule has 0 aliphatic heterocycles. The van der Waals surface area contributed by atoms with E-state index in [-0.39, 0.29) is 6.16 Å². The van der Waals surface area contributed by atoms with Gasteiger partial charge in [-0.15, -0.1) is 0 Å². The minimum Gasteiger partial charge on any atom is -0.324 e. The Kier molecular flexibility index (Phi) is 3.29. The van der Waals surface area contributed by atoms with E-state index in [0.717, 1.165) is 6.54 Å². The first-order chi connectivity index (χ1) is 5.49. The van der Waals surface area contributed by atoms with Crippen LogP contribution in [0.5, 0.6) is 0 Å².